The number of methoxy groups -OCH3 is 1. The first-order valence-electron chi connectivity index (χ1n) is 10.6. The topological polar surface area (TPSA) is 66.9 Å². The number of carbonyl (C=O) groups is 1. The Morgan fingerprint density at radius 2 is 1.61 bits per heavy atom. The second kappa shape index (κ2) is 8.96. The number of rotatable bonds is 5. The van der Waals surface area contributed by atoms with Gasteiger partial charge in [-0.1, -0.05) is 12.1 Å². The van der Waals surface area contributed by atoms with E-state index in [-0.39, 0.29) is 35.9 Å². The van der Waals surface area contributed by atoms with E-state index in [4.69, 9.17) is 4.74 Å². The Labute approximate surface area is 182 Å². The van der Waals surface area contributed by atoms with Gasteiger partial charge in [0.1, 0.15) is 11.6 Å². The number of hydrogen-bond acceptors (Lipinski definition) is 4. The average Bonchev–Trinajstić information content (AvgIpc) is 3.29. The standard InChI is InChI=1S/C23H27FN2O4S/c1-30-20-8-4-17(5-9-20)22-3-2-14-26(22)23(27)18-12-15-25(16-13-18)31(28,29)21-10-6-19(24)7-11-21/h4-11,18,22H,2-3,12-16H2,1H3/t22-/m0/s1. The molecule has 2 heterocycles. The lowest BCUT2D eigenvalue weighted by molar-refractivity contribution is -0.137. The van der Waals surface area contributed by atoms with Gasteiger partial charge in [0, 0.05) is 25.6 Å². The van der Waals surface area contributed by atoms with E-state index >= 15 is 0 Å². The number of hydrogen-bond donors (Lipinski definition) is 0. The third-order valence-electron chi connectivity index (χ3n) is 6.29. The van der Waals surface area contributed by atoms with Crippen LogP contribution in [0.25, 0.3) is 0 Å². The number of ether oxygens (including phenoxy) is 1. The molecule has 0 aliphatic carbocycles. The smallest absolute Gasteiger partial charge is 0.243 e. The van der Waals surface area contributed by atoms with Gasteiger partial charge in [0.05, 0.1) is 18.0 Å². The molecule has 2 aromatic rings. The Morgan fingerprint density at radius 3 is 2.23 bits per heavy atom. The van der Waals surface area contributed by atoms with Crippen LogP contribution in [-0.4, -0.2) is 50.3 Å². The summed E-state index contributed by atoms with van der Waals surface area (Å²) in [6, 6.07) is 12.8. The number of benzene rings is 2. The number of likely N-dealkylation sites (tertiary alicyclic amines) is 1. The molecule has 2 aliphatic rings. The van der Waals surface area contributed by atoms with Gasteiger partial charge >= 0.3 is 0 Å². The molecule has 166 valence electrons. The van der Waals surface area contributed by atoms with E-state index in [9.17, 15) is 17.6 Å². The zero-order chi connectivity index (χ0) is 22.0. The number of halogens is 1. The number of nitrogens with zero attached hydrogens (tertiary/aromatic N) is 2. The lowest BCUT2D eigenvalue weighted by Crippen LogP contribution is -2.44. The van der Waals surface area contributed by atoms with Crippen LogP contribution in [0.15, 0.2) is 53.4 Å². The summed E-state index contributed by atoms with van der Waals surface area (Å²) in [6.45, 7) is 1.30. The molecule has 0 saturated carbocycles. The van der Waals surface area contributed by atoms with Gasteiger partial charge in [0.2, 0.25) is 15.9 Å². The van der Waals surface area contributed by atoms with Crippen molar-refractivity contribution >= 4 is 15.9 Å². The summed E-state index contributed by atoms with van der Waals surface area (Å²) >= 11 is 0. The maximum absolute atomic E-state index is 13.3. The van der Waals surface area contributed by atoms with Crippen molar-refractivity contribution < 1.29 is 22.3 Å². The fourth-order valence-electron chi connectivity index (χ4n) is 4.54. The first-order valence-corrected chi connectivity index (χ1v) is 12.0. The molecule has 0 aromatic heterocycles. The van der Waals surface area contributed by atoms with E-state index in [1.165, 1.54) is 16.4 Å². The van der Waals surface area contributed by atoms with Crippen LogP contribution in [-0.2, 0) is 14.8 Å². The Bertz CT molecular complexity index is 1020. The summed E-state index contributed by atoms with van der Waals surface area (Å²) in [6.07, 6.45) is 2.87. The first kappa shape index (κ1) is 21.8. The average molecular weight is 447 g/mol. The normalized spacial score (nSPS) is 20.7. The third kappa shape index (κ3) is 4.45. The lowest BCUT2D eigenvalue weighted by atomic mass is 9.95. The highest BCUT2D eigenvalue weighted by molar-refractivity contribution is 7.89. The summed E-state index contributed by atoms with van der Waals surface area (Å²) in [7, 11) is -2.05. The van der Waals surface area contributed by atoms with E-state index < -0.39 is 15.8 Å². The number of sulfonamides is 1. The monoisotopic (exact) mass is 446 g/mol. The molecule has 8 heteroatoms. The van der Waals surface area contributed by atoms with E-state index in [0.29, 0.717) is 12.8 Å². The van der Waals surface area contributed by atoms with Gasteiger partial charge in [-0.05, 0) is 67.6 Å². The minimum absolute atomic E-state index is 0.0550. The Kier molecular flexibility index (Phi) is 6.29. The zero-order valence-corrected chi connectivity index (χ0v) is 18.4. The number of piperidine rings is 1. The van der Waals surface area contributed by atoms with Gasteiger partial charge in [-0.2, -0.15) is 4.31 Å². The molecule has 4 rings (SSSR count). The predicted molar refractivity (Wildman–Crippen MR) is 115 cm³/mol. The highest BCUT2D eigenvalue weighted by Gasteiger charge is 2.37. The lowest BCUT2D eigenvalue weighted by Gasteiger charge is -2.34. The SMILES string of the molecule is COc1ccc([C@@H]2CCCN2C(=O)C2CCN(S(=O)(=O)c3ccc(F)cc3)CC2)cc1. The fraction of sp³-hybridized carbons (Fsp3) is 0.435. The highest BCUT2D eigenvalue weighted by atomic mass is 32.2. The molecule has 2 aliphatic heterocycles. The predicted octanol–water partition coefficient (Wildman–Crippen LogP) is 3.60. The molecule has 6 nitrogen and oxygen atoms in total. The molecule has 0 N–H and O–H groups in total. The van der Waals surface area contributed by atoms with Crippen molar-refractivity contribution in [3.8, 4) is 5.75 Å². The molecule has 0 spiro atoms. The Morgan fingerprint density at radius 1 is 0.968 bits per heavy atom. The summed E-state index contributed by atoms with van der Waals surface area (Å²) in [4.78, 5) is 15.3. The van der Waals surface area contributed by atoms with Gasteiger partial charge in [-0.15, -0.1) is 0 Å². The van der Waals surface area contributed by atoms with Gasteiger partial charge in [0.15, 0.2) is 0 Å². The van der Waals surface area contributed by atoms with E-state index in [1.54, 1.807) is 7.11 Å². The van der Waals surface area contributed by atoms with Crippen molar-refractivity contribution in [3.63, 3.8) is 0 Å². The van der Waals surface area contributed by atoms with Crippen molar-refractivity contribution in [2.75, 3.05) is 26.7 Å². The Balaban J connectivity index is 1.41. The van der Waals surface area contributed by atoms with Crippen LogP contribution < -0.4 is 4.74 Å². The van der Waals surface area contributed by atoms with Crippen LogP contribution in [0.3, 0.4) is 0 Å². The Hall–Kier alpha value is -2.45. The second-order valence-corrected chi connectivity index (χ2v) is 10.0. The molecule has 2 fully saturated rings. The van der Waals surface area contributed by atoms with Crippen LogP contribution in [0.2, 0.25) is 0 Å². The molecular formula is C23H27FN2O4S. The summed E-state index contributed by atoms with van der Waals surface area (Å²) in [5.41, 5.74) is 1.10. The summed E-state index contributed by atoms with van der Waals surface area (Å²) in [5, 5.41) is 0. The summed E-state index contributed by atoms with van der Waals surface area (Å²) in [5.74, 6) is 0.241. The van der Waals surface area contributed by atoms with Crippen molar-refractivity contribution in [1.29, 1.82) is 0 Å². The number of carbonyl (C=O) groups excluding carboxylic acids is 1. The van der Waals surface area contributed by atoms with Crippen molar-refractivity contribution in [3.05, 3.63) is 59.9 Å². The molecule has 0 unspecified atom stereocenters. The van der Waals surface area contributed by atoms with Crippen LogP contribution in [0.1, 0.15) is 37.3 Å². The second-order valence-electron chi connectivity index (χ2n) is 8.10. The molecule has 1 amide bonds. The van der Waals surface area contributed by atoms with E-state index in [0.717, 1.165) is 42.8 Å². The zero-order valence-electron chi connectivity index (χ0n) is 17.5. The van der Waals surface area contributed by atoms with Crippen LogP contribution in [0.5, 0.6) is 5.75 Å². The van der Waals surface area contributed by atoms with Crippen LogP contribution >= 0.6 is 0 Å². The number of amides is 1. The van der Waals surface area contributed by atoms with Gasteiger partial charge in [-0.25, -0.2) is 12.8 Å². The first-order chi connectivity index (χ1) is 14.9. The molecule has 0 bridgehead atoms. The molecule has 2 aromatic carbocycles. The van der Waals surface area contributed by atoms with Crippen molar-refractivity contribution in [2.24, 2.45) is 5.92 Å². The minimum Gasteiger partial charge on any atom is -0.497 e. The quantitative estimate of drug-likeness (QED) is 0.704. The molecule has 1 atom stereocenters. The largest absolute Gasteiger partial charge is 0.497 e. The van der Waals surface area contributed by atoms with E-state index in [1.807, 2.05) is 29.2 Å². The maximum Gasteiger partial charge on any atom is 0.243 e. The van der Waals surface area contributed by atoms with Crippen LogP contribution in [0.4, 0.5) is 4.39 Å². The third-order valence-corrected chi connectivity index (χ3v) is 8.20. The van der Waals surface area contributed by atoms with Gasteiger partial charge in [-0.3, -0.25) is 4.79 Å². The minimum atomic E-state index is -3.68. The maximum atomic E-state index is 13.3. The van der Waals surface area contributed by atoms with Crippen molar-refractivity contribution in [2.45, 2.75) is 36.6 Å². The van der Waals surface area contributed by atoms with Crippen molar-refractivity contribution in [1.82, 2.24) is 9.21 Å². The van der Waals surface area contributed by atoms with E-state index in [2.05, 4.69) is 0 Å². The fourth-order valence-corrected chi connectivity index (χ4v) is 6.01. The summed E-state index contributed by atoms with van der Waals surface area (Å²) < 4.78 is 45.4. The molecular weight excluding hydrogens is 419 g/mol. The van der Waals surface area contributed by atoms with Crippen LogP contribution in [0, 0.1) is 11.7 Å². The van der Waals surface area contributed by atoms with Gasteiger partial charge < -0.3 is 9.64 Å². The molecule has 0 radical (unpaired) electrons. The molecule has 31 heavy (non-hydrogen) atoms. The highest BCUT2D eigenvalue weighted by Crippen LogP contribution is 2.35. The molecule has 2 saturated heterocycles. The van der Waals surface area contributed by atoms with Gasteiger partial charge in [0.25, 0.3) is 0 Å².